The molecule has 0 aliphatic carbocycles. The zero-order valence-corrected chi connectivity index (χ0v) is 13.7. The lowest BCUT2D eigenvalue weighted by Crippen LogP contribution is -2.39. The fourth-order valence-corrected chi connectivity index (χ4v) is 2.21. The number of nitrogens with one attached hydrogen (secondary N) is 2. The van der Waals surface area contributed by atoms with Gasteiger partial charge in [0.2, 0.25) is 5.91 Å². The van der Waals surface area contributed by atoms with Crippen LogP contribution >= 0.6 is 0 Å². The van der Waals surface area contributed by atoms with E-state index in [-0.39, 0.29) is 12.3 Å². The number of carbonyl (C=O) groups excluding carboxylic acids is 1. The van der Waals surface area contributed by atoms with E-state index in [1.165, 1.54) is 0 Å². The van der Waals surface area contributed by atoms with Crippen LogP contribution in [-0.4, -0.2) is 28.0 Å². The maximum atomic E-state index is 12.1. The first-order valence-electron chi connectivity index (χ1n) is 7.68. The number of aryl methyl sites for hydroxylation is 2. The van der Waals surface area contributed by atoms with Gasteiger partial charge in [-0.15, -0.1) is 0 Å². The van der Waals surface area contributed by atoms with E-state index in [9.17, 15) is 14.7 Å². The third kappa shape index (κ3) is 5.17. The highest BCUT2D eigenvalue weighted by Crippen LogP contribution is 2.14. The first kappa shape index (κ1) is 17.6. The maximum absolute atomic E-state index is 12.1. The smallest absolute Gasteiger partial charge is 0.321 e. The molecule has 24 heavy (non-hydrogen) atoms. The van der Waals surface area contributed by atoms with E-state index in [0.717, 1.165) is 16.7 Å². The predicted molar refractivity (Wildman–Crippen MR) is 91.7 cm³/mol. The zero-order valence-electron chi connectivity index (χ0n) is 13.7. The molecule has 0 bridgehead atoms. The quantitative estimate of drug-likeness (QED) is 0.725. The van der Waals surface area contributed by atoms with Crippen molar-refractivity contribution in [2.24, 2.45) is 0 Å². The minimum atomic E-state index is -1.06. The summed E-state index contributed by atoms with van der Waals surface area (Å²) in [5, 5.41) is 14.9. The minimum Gasteiger partial charge on any atom is -0.480 e. The average molecular weight is 327 g/mol. The van der Waals surface area contributed by atoms with Crippen molar-refractivity contribution in [1.29, 1.82) is 0 Å². The molecule has 126 valence electrons. The molecule has 6 heteroatoms. The summed E-state index contributed by atoms with van der Waals surface area (Å²) in [6.07, 6.45) is 3.15. The summed E-state index contributed by atoms with van der Waals surface area (Å²) in [5.74, 6) is -1.40. The number of anilines is 1. The predicted octanol–water partition coefficient (Wildman–Crippen LogP) is 2.27. The summed E-state index contributed by atoms with van der Waals surface area (Å²) in [7, 11) is 0. The van der Waals surface area contributed by atoms with E-state index in [1.54, 1.807) is 24.5 Å². The summed E-state index contributed by atoms with van der Waals surface area (Å²) in [4.78, 5) is 27.4. The topological polar surface area (TPSA) is 91.3 Å². The van der Waals surface area contributed by atoms with Crippen LogP contribution < -0.4 is 10.6 Å². The van der Waals surface area contributed by atoms with Gasteiger partial charge in [0.05, 0.1) is 6.42 Å². The van der Waals surface area contributed by atoms with Gasteiger partial charge in [-0.05, 0) is 48.7 Å². The highest BCUT2D eigenvalue weighted by atomic mass is 16.4. The standard InChI is InChI=1S/C18H21N3O3/c1-12-5-6-15(8-13(12)2)21-17(22)9-16(18(23)24)20-11-14-4-3-7-19-10-14/h3-8,10,16,20H,9,11H2,1-2H3,(H,21,22)(H,23,24)/t16-/m0/s1. The lowest BCUT2D eigenvalue weighted by molar-refractivity contribution is -0.141. The second-order valence-electron chi connectivity index (χ2n) is 5.68. The fourth-order valence-electron chi connectivity index (χ4n) is 2.21. The zero-order chi connectivity index (χ0) is 17.5. The molecule has 0 aliphatic heterocycles. The number of aliphatic carboxylic acids is 1. The van der Waals surface area contributed by atoms with Crippen LogP contribution in [0.25, 0.3) is 0 Å². The Bertz CT molecular complexity index is 717. The van der Waals surface area contributed by atoms with Crippen LogP contribution in [0.3, 0.4) is 0 Å². The Hall–Kier alpha value is -2.73. The molecule has 6 nitrogen and oxygen atoms in total. The Labute approximate surface area is 140 Å². The molecule has 1 aromatic heterocycles. The van der Waals surface area contributed by atoms with E-state index in [0.29, 0.717) is 12.2 Å². The van der Waals surface area contributed by atoms with E-state index in [2.05, 4.69) is 15.6 Å². The van der Waals surface area contributed by atoms with Gasteiger partial charge in [0, 0.05) is 24.6 Å². The second-order valence-corrected chi connectivity index (χ2v) is 5.68. The van der Waals surface area contributed by atoms with Crippen molar-refractivity contribution in [3.63, 3.8) is 0 Å². The molecule has 0 spiro atoms. The van der Waals surface area contributed by atoms with E-state index in [1.807, 2.05) is 32.0 Å². The van der Waals surface area contributed by atoms with Crippen molar-refractivity contribution in [1.82, 2.24) is 10.3 Å². The molecule has 0 fully saturated rings. The monoisotopic (exact) mass is 327 g/mol. The molecule has 0 radical (unpaired) electrons. The van der Waals surface area contributed by atoms with E-state index >= 15 is 0 Å². The van der Waals surface area contributed by atoms with Gasteiger partial charge in [-0.2, -0.15) is 0 Å². The summed E-state index contributed by atoms with van der Waals surface area (Å²) in [5.41, 5.74) is 3.73. The van der Waals surface area contributed by atoms with E-state index < -0.39 is 12.0 Å². The van der Waals surface area contributed by atoms with Crippen LogP contribution in [0, 0.1) is 13.8 Å². The molecule has 0 saturated carbocycles. The lowest BCUT2D eigenvalue weighted by atomic mass is 10.1. The molecular weight excluding hydrogens is 306 g/mol. The number of carboxylic acids is 1. The molecule has 0 saturated heterocycles. The van der Waals surface area contributed by atoms with Crippen LogP contribution in [0.15, 0.2) is 42.7 Å². The number of carboxylic acid groups (broad SMARTS) is 1. The molecule has 2 aromatic rings. The third-order valence-electron chi connectivity index (χ3n) is 3.75. The van der Waals surface area contributed by atoms with Crippen molar-refractivity contribution >= 4 is 17.6 Å². The Morgan fingerprint density at radius 2 is 2.00 bits per heavy atom. The van der Waals surface area contributed by atoms with Gasteiger partial charge in [-0.3, -0.25) is 19.9 Å². The minimum absolute atomic E-state index is 0.150. The van der Waals surface area contributed by atoms with Crippen LogP contribution in [0.1, 0.15) is 23.1 Å². The van der Waals surface area contributed by atoms with Gasteiger partial charge >= 0.3 is 5.97 Å². The number of benzene rings is 1. The van der Waals surface area contributed by atoms with Crippen molar-refractivity contribution in [3.8, 4) is 0 Å². The molecule has 1 heterocycles. The molecular formula is C18H21N3O3. The third-order valence-corrected chi connectivity index (χ3v) is 3.75. The molecule has 0 aliphatic rings. The van der Waals surface area contributed by atoms with Gasteiger partial charge in [0.15, 0.2) is 0 Å². The molecule has 3 N–H and O–H groups in total. The van der Waals surface area contributed by atoms with E-state index in [4.69, 9.17) is 0 Å². The normalized spacial score (nSPS) is 11.8. The molecule has 1 amide bonds. The highest BCUT2D eigenvalue weighted by Gasteiger charge is 2.20. The van der Waals surface area contributed by atoms with Crippen molar-refractivity contribution in [2.75, 3.05) is 5.32 Å². The summed E-state index contributed by atoms with van der Waals surface area (Å²) < 4.78 is 0. The van der Waals surface area contributed by atoms with Crippen molar-refractivity contribution < 1.29 is 14.7 Å². The maximum Gasteiger partial charge on any atom is 0.321 e. The van der Waals surface area contributed by atoms with Gasteiger partial charge in [-0.25, -0.2) is 0 Å². The molecule has 0 unspecified atom stereocenters. The summed E-state index contributed by atoms with van der Waals surface area (Å²) in [6, 6.07) is 8.25. The van der Waals surface area contributed by atoms with Crippen molar-refractivity contribution in [3.05, 3.63) is 59.4 Å². The second kappa shape index (κ2) is 8.21. The Morgan fingerprint density at radius 1 is 1.21 bits per heavy atom. The number of hydrogen-bond acceptors (Lipinski definition) is 4. The molecule has 1 aromatic carbocycles. The van der Waals surface area contributed by atoms with Crippen LogP contribution in [-0.2, 0) is 16.1 Å². The number of rotatable bonds is 7. The van der Waals surface area contributed by atoms with Crippen molar-refractivity contribution in [2.45, 2.75) is 32.9 Å². The molecule has 1 atom stereocenters. The number of carbonyl (C=O) groups is 2. The Kier molecular flexibility index (Phi) is 6.03. The number of nitrogens with zero attached hydrogens (tertiary/aromatic N) is 1. The number of aromatic nitrogens is 1. The molecule has 2 rings (SSSR count). The fraction of sp³-hybridized carbons (Fsp3) is 0.278. The van der Waals surface area contributed by atoms with Crippen LogP contribution in [0.4, 0.5) is 5.69 Å². The van der Waals surface area contributed by atoms with Gasteiger partial charge in [0.1, 0.15) is 6.04 Å². The SMILES string of the molecule is Cc1ccc(NC(=O)C[C@H](NCc2cccnc2)C(=O)O)cc1C. The number of hydrogen-bond donors (Lipinski definition) is 3. The van der Waals surface area contributed by atoms with Crippen LogP contribution in [0.2, 0.25) is 0 Å². The first-order chi connectivity index (χ1) is 11.5. The lowest BCUT2D eigenvalue weighted by Gasteiger charge is -2.15. The Balaban J connectivity index is 1.92. The van der Waals surface area contributed by atoms with Gasteiger partial charge in [0.25, 0.3) is 0 Å². The largest absolute Gasteiger partial charge is 0.480 e. The summed E-state index contributed by atoms with van der Waals surface area (Å²) in [6.45, 7) is 4.28. The number of pyridine rings is 1. The average Bonchev–Trinajstić information content (AvgIpc) is 2.55. The van der Waals surface area contributed by atoms with Gasteiger partial charge < -0.3 is 10.4 Å². The summed E-state index contributed by atoms with van der Waals surface area (Å²) >= 11 is 0. The highest BCUT2D eigenvalue weighted by molar-refractivity contribution is 5.94. The Morgan fingerprint density at radius 3 is 2.62 bits per heavy atom. The first-order valence-corrected chi connectivity index (χ1v) is 7.68. The van der Waals surface area contributed by atoms with Gasteiger partial charge in [-0.1, -0.05) is 12.1 Å². The number of amides is 1. The van der Waals surface area contributed by atoms with Crippen LogP contribution in [0.5, 0.6) is 0 Å².